The average Bonchev–Trinajstić information content (AvgIpc) is 3.41. The van der Waals surface area contributed by atoms with E-state index in [1.807, 2.05) is 29.6 Å². The van der Waals surface area contributed by atoms with Crippen LogP contribution in [-0.2, 0) is 11.3 Å². The van der Waals surface area contributed by atoms with E-state index in [1.165, 1.54) is 11.8 Å². The Kier molecular flexibility index (Phi) is 6.69. The average molecular weight is 476 g/mol. The monoisotopic (exact) mass is 475 g/mol. The number of hydrogen-bond donors (Lipinski definition) is 1. The molecule has 0 aliphatic rings. The van der Waals surface area contributed by atoms with Crippen molar-refractivity contribution in [2.24, 2.45) is 0 Å². The van der Waals surface area contributed by atoms with Gasteiger partial charge in [-0.25, -0.2) is 9.97 Å². The highest BCUT2D eigenvalue weighted by atomic mass is 35.5. The fourth-order valence-corrected chi connectivity index (χ4v) is 4.42. The van der Waals surface area contributed by atoms with Gasteiger partial charge in [-0.15, -0.1) is 11.3 Å². The van der Waals surface area contributed by atoms with Crippen LogP contribution < -0.4 is 5.32 Å². The molecule has 3 heterocycles. The molecule has 1 amide bonds. The van der Waals surface area contributed by atoms with Gasteiger partial charge in [-0.2, -0.15) is 5.10 Å². The van der Waals surface area contributed by atoms with Gasteiger partial charge in [0.1, 0.15) is 0 Å². The maximum absolute atomic E-state index is 12.3. The zero-order valence-corrected chi connectivity index (χ0v) is 18.6. The third-order valence-corrected chi connectivity index (χ3v) is 6.34. The van der Waals surface area contributed by atoms with Gasteiger partial charge in [-0.3, -0.25) is 9.48 Å². The Hall–Kier alpha value is -2.39. The summed E-state index contributed by atoms with van der Waals surface area (Å²) in [4.78, 5) is 22.1. The van der Waals surface area contributed by atoms with Crippen LogP contribution in [0.5, 0.6) is 0 Å². The second-order valence-corrected chi connectivity index (χ2v) is 8.91. The Balaban J connectivity index is 1.32. The van der Waals surface area contributed by atoms with E-state index >= 15 is 0 Å². The van der Waals surface area contributed by atoms with Gasteiger partial charge in [0, 0.05) is 28.5 Å². The van der Waals surface area contributed by atoms with Gasteiger partial charge in [0.15, 0.2) is 11.0 Å². The number of nitrogens with one attached hydrogen (secondary N) is 1. The molecule has 0 radical (unpaired) electrons. The fourth-order valence-electron chi connectivity index (χ4n) is 2.62. The molecule has 1 aromatic carbocycles. The van der Waals surface area contributed by atoms with E-state index in [1.54, 1.807) is 46.6 Å². The van der Waals surface area contributed by atoms with Crippen molar-refractivity contribution in [1.29, 1.82) is 0 Å². The number of rotatable bonds is 7. The molecule has 152 valence electrons. The van der Waals surface area contributed by atoms with Crippen LogP contribution in [-0.4, -0.2) is 31.4 Å². The number of thioether (sulfide) groups is 1. The van der Waals surface area contributed by atoms with Gasteiger partial charge in [-0.1, -0.05) is 47.1 Å². The molecule has 0 saturated heterocycles. The van der Waals surface area contributed by atoms with Crippen molar-refractivity contribution >= 4 is 58.0 Å². The molecule has 0 fully saturated rings. The van der Waals surface area contributed by atoms with E-state index in [2.05, 4.69) is 20.4 Å². The summed E-state index contributed by atoms with van der Waals surface area (Å²) in [6.07, 6.45) is 3.48. The number of aromatic nitrogens is 4. The maximum atomic E-state index is 12.3. The summed E-state index contributed by atoms with van der Waals surface area (Å²) in [7, 11) is 0. The first-order chi connectivity index (χ1) is 14.6. The fraction of sp³-hybridized carbons (Fsp3) is 0.100. The quantitative estimate of drug-likeness (QED) is 0.282. The summed E-state index contributed by atoms with van der Waals surface area (Å²) in [5.74, 6) is 0.475. The minimum Gasteiger partial charge on any atom is -0.308 e. The van der Waals surface area contributed by atoms with Crippen LogP contribution in [0.15, 0.2) is 65.4 Å². The Morgan fingerprint density at radius 1 is 1.20 bits per heavy atom. The molecule has 1 N–H and O–H groups in total. The van der Waals surface area contributed by atoms with Crippen LogP contribution in [0, 0.1) is 0 Å². The SMILES string of the molecule is O=C(CSc1nccc(-c2cccs2)n1)Nc1ccn(Cc2ccc(Cl)cc2Cl)n1. The van der Waals surface area contributed by atoms with E-state index in [0.717, 1.165) is 16.1 Å². The summed E-state index contributed by atoms with van der Waals surface area (Å²) >= 11 is 15.0. The molecular formula is C20H15Cl2N5OS2. The first-order valence-corrected chi connectivity index (χ1v) is 11.5. The second-order valence-electron chi connectivity index (χ2n) is 6.17. The number of halogens is 2. The van der Waals surface area contributed by atoms with Crippen LogP contribution in [0.25, 0.3) is 10.6 Å². The maximum Gasteiger partial charge on any atom is 0.236 e. The van der Waals surface area contributed by atoms with Crippen molar-refractivity contribution in [3.63, 3.8) is 0 Å². The van der Waals surface area contributed by atoms with Crippen LogP contribution in [0.4, 0.5) is 5.82 Å². The Morgan fingerprint density at radius 3 is 2.90 bits per heavy atom. The van der Waals surface area contributed by atoms with Crippen LogP contribution in [0.2, 0.25) is 10.0 Å². The minimum absolute atomic E-state index is 0.181. The second kappa shape index (κ2) is 9.61. The molecule has 0 atom stereocenters. The van der Waals surface area contributed by atoms with Crippen molar-refractivity contribution in [3.8, 4) is 10.6 Å². The molecule has 6 nitrogen and oxygen atoms in total. The van der Waals surface area contributed by atoms with Crippen molar-refractivity contribution in [3.05, 3.63) is 75.8 Å². The standard InChI is InChI=1S/C20H15Cl2N5OS2/c21-14-4-3-13(15(22)10-14)11-27-8-6-18(26-27)25-19(28)12-30-20-23-7-5-16(24-20)17-2-1-9-29-17/h1-10H,11-12H2,(H,25,26,28). The van der Waals surface area contributed by atoms with E-state index in [9.17, 15) is 4.79 Å². The molecule has 4 aromatic rings. The van der Waals surface area contributed by atoms with Gasteiger partial charge in [0.25, 0.3) is 0 Å². The molecule has 0 bridgehead atoms. The Labute approximate surface area is 191 Å². The lowest BCUT2D eigenvalue weighted by atomic mass is 10.2. The summed E-state index contributed by atoms with van der Waals surface area (Å²) in [5.41, 5.74) is 1.74. The predicted octanol–water partition coefficient (Wildman–Crippen LogP) is 5.49. The number of hydrogen-bond acceptors (Lipinski definition) is 6. The van der Waals surface area contributed by atoms with Crippen molar-refractivity contribution in [2.75, 3.05) is 11.1 Å². The van der Waals surface area contributed by atoms with E-state index < -0.39 is 0 Å². The van der Waals surface area contributed by atoms with Gasteiger partial charge in [0.2, 0.25) is 5.91 Å². The molecule has 0 spiro atoms. The highest BCUT2D eigenvalue weighted by molar-refractivity contribution is 7.99. The van der Waals surface area contributed by atoms with Crippen LogP contribution >= 0.6 is 46.3 Å². The highest BCUT2D eigenvalue weighted by Gasteiger charge is 2.10. The number of carbonyl (C=O) groups excluding carboxylic acids is 1. The first kappa shape index (κ1) is 20.9. The van der Waals surface area contributed by atoms with E-state index in [4.69, 9.17) is 23.2 Å². The van der Waals surface area contributed by atoms with Gasteiger partial charge < -0.3 is 5.32 Å². The highest BCUT2D eigenvalue weighted by Crippen LogP contribution is 2.24. The molecule has 10 heteroatoms. The van der Waals surface area contributed by atoms with Gasteiger partial charge in [-0.05, 0) is 35.2 Å². The number of amides is 1. The van der Waals surface area contributed by atoms with Gasteiger partial charge >= 0.3 is 0 Å². The lowest BCUT2D eigenvalue weighted by Gasteiger charge is -2.05. The molecule has 0 aliphatic carbocycles. The molecule has 3 aromatic heterocycles. The van der Waals surface area contributed by atoms with Crippen molar-refractivity contribution in [1.82, 2.24) is 19.7 Å². The molecule has 0 aliphatic heterocycles. The zero-order chi connectivity index (χ0) is 20.9. The summed E-state index contributed by atoms with van der Waals surface area (Å²) < 4.78 is 1.70. The molecule has 4 rings (SSSR count). The predicted molar refractivity (Wildman–Crippen MR) is 122 cm³/mol. The summed E-state index contributed by atoms with van der Waals surface area (Å²) in [6, 6.07) is 12.9. The summed E-state index contributed by atoms with van der Waals surface area (Å²) in [6.45, 7) is 0.476. The van der Waals surface area contributed by atoms with Crippen LogP contribution in [0.1, 0.15) is 5.56 Å². The third-order valence-electron chi connectivity index (χ3n) is 4.00. The number of nitrogens with zero attached hydrogens (tertiary/aromatic N) is 4. The number of benzene rings is 1. The topological polar surface area (TPSA) is 72.7 Å². The first-order valence-electron chi connectivity index (χ1n) is 8.84. The molecule has 30 heavy (non-hydrogen) atoms. The zero-order valence-electron chi connectivity index (χ0n) is 15.5. The van der Waals surface area contributed by atoms with Crippen molar-refractivity contribution in [2.45, 2.75) is 11.7 Å². The normalized spacial score (nSPS) is 10.9. The lowest BCUT2D eigenvalue weighted by molar-refractivity contribution is -0.113. The third kappa shape index (κ3) is 5.40. The Bertz CT molecular complexity index is 1160. The summed E-state index contributed by atoms with van der Waals surface area (Å²) in [5, 5.41) is 10.9. The van der Waals surface area contributed by atoms with Crippen molar-refractivity contribution < 1.29 is 4.79 Å². The van der Waals surface area contributed by atoms with E-state index in [0.29, 0.717) is 27.6 Å². The number of anilines is 1. The number of carbonyl (C=O) groups is 1. The van der Waals surface area contributed by atoms with Gasteiger partial charge in [0.05, 0.1) is 22.9 Å². The van der Waals surface area contributed by atoms with Crippen LogP contribution in [0.3, 0.4) is 0 Å². The van der Waals surface area contributed by atoms with E-state index in [-0.39, 0.29) is 11.7 Å². The lowest BCUT2D eigenvalue weighted by Crippen LogP contribution is -2.15. The minimum atomic E-state index is -0.181. The Morgan fingerprint density at radius 2 is 2.10 bits per heavy atom. The molecular weight excluding hydrogens is 461 g/mol. The number of thiophene rings is 1. The molecule has 0 saturated carbocycles. The molecule has 0 unspecified atom stereocenters. The smallest absolute Gasteiger partial charge is 0.236 e. The largest absolute Gasteiger partial charge is 0.308 e.